The molecule has 0 aliphatic carbocycles. The molecule has 0 aromatic carbocycles. The number of hydrogen-bond acceptors (Lipinski definition) is 3. The molecule has 74 valence electrons. The molecule has 0 radical (unpaired) electrons. The number of nitrogens with zero attached hydrogens (tertiary/aromatic N) is 1. The molecule has 1 aliphatic rings. The van der Waals surface area contributed by atoms with Crippen molar-refractivity contribution in [3.05, 3.63) is 30.1 Å². The number of hydrogen-bond donors (Lipinski definition) is 1. The van der Waals surface area contributed by atoms with E-state index in [1.54, 1.807) is 12.3 Å². The van der Waals surface area contributed by atoms with E-state index in [1.165, 1.54) is 0 Å². The van der Waals surface area contributed by atoms with Crippen LogP contribution in [0.25, 0.3) is 0 Å². The van der Waals surface area contributed by atoms with E-state index >= 15 is 0 Å². The first kappa shape index (κ1) is 9.34. The highest BCUT2D eigenvalue weighted by atomic mass is 16.1. The van der Waals surface area contributed by atoms with Gasteiger partial charge in [-0.25, -0.2) is 0 Å². The molecule has 1 aliphatic heterocycles. The van der Waals surface area contributed by atoms with Gasteiger partial charge in [0.15, 0.2) is 5.78 Å². The Morgan fingerprint density at radius 3 is 2.79 bits per heavy atom. The number of aromatic nitrogens is 1. The number of rotatable bonds is 2. The predicted octanol–water partition coefficient (Wildman–Crippen LogP) is 1.26. The van der Waals surface area contributed by atoms with Crippen LogP contribution >= 0.6 is 0 Å². The normalized spacial score (nSPS) is 18.0. The van der Waals surface area contributed by atoms with Crippen molar-refractivity contribution in [1.29, 1.82) is 0 Å². The van der Waals surface area contributed by atoms with Gasteiger partial charge in [-0.1, -0.05) is 6.07 Å². The van der Waals surface area contributed by atoms with Gasteiger partial charge in [-0.15, -0.1) is 0 Å². The molecule has 1 fully saturated rings. The fraction of sp³-hybridized carbons (Fsp3) is 0.455. The molecule has 2 rings (SSSR count). The van der Waals surface area contributed by atoms with Crippen molar-refractivity contribution in [2.24, 2.45) is 5.92 Å². The molecule has 0 amide bonds. The number of carbonyl (C=O) groups is 1. The van der Waals surface area contributed by atoms with Crippen molar-refractivity contribution >= 4 is 5.78 Å². The molecule has 0 bridgehead atoms. The van der Waals surface area contributed by atoms with E-state index in [4.69, 9.17) is 0 Å². The number of piperidine rings is 1. The smallest absolute Gasteiger partial charge is 0.184 e. The molecule has 0 atom stereocenters. The van der Waals surface area contributed by atoms with E-state index in [-0.39, 0.29) is 11.7 Å². The Bertz CT molecular complexity index is 304. The second kappa shape index (κ2) is 4.33. The van der Waals surface area contributed by atoms with Gasteiger partial charge in [0.25, 0.3) is 0 Å². The number of Topliss-reactive ketones (excluding diaryl/α,β-unsaturated/α-hetero) is 1. The maximum atomic E-state index is 11.9. The minimum absolute atomic E-state index is 0.172. The van der Waals surface area contributed by atoms with Gasteiger partial charge in [-0.05, 0) is 38.1 Å². The summed E-state index contributed by atoms with van der Waals surface area (Å²) in [5, 5.41) is 3.25. The molecule has 3 nitrogen and oxygen atoms in total. The Hall–Kier alpha value is -1.22. The van der Waals surface area contributed by atoms with Gasteiger partial charge < -0.3 is 5.32 Å². The van der Waals surface area contributed by atoms with Crippen LogP contribution in [-0.4, -0.2) is 23.9 Å². The summed E-state index contributed by atoms with van der Waals surface area (Å²) in [7, 11) is 0. The number of ketones is 1. The SMILES string of the molecule is O=C(c1ccccn1)C1CCNCC1. The topological polar surface area (TPSA) is 42.0 Å². The Labute approximate surface area is 83.5 Å². The van der Waals surface area contributed by atoms with Crippen LogP contribution in [0, 0.1) is 5.92 Å². The fourth-order valence-corrected chi connectivity index (χ4v) is 1.80. The zero-order valence-electron chi connectivity index (χ0n) is 8.07. The van der Waals surface area contributed by atoms with Crippen molar-refractivity contribution in [2.45, 2.75) is 12.8 Å². The first-order valence-electron chi connectivity index (χ1n) is 5.04. The van der Waals surface area contributed by atoms with E-state index in [1.807, 2.05) is 12.1 Å². The van der Waals surface area contributed by atoms with Crippen LogP contribution < -0.4 is 5.32 Å². The molecule has 0 saturated carbocycles. The zero-order valence-corrected chi connectivity index (χ0v) is 8.07. The highest BCUT2D eigenvalue weighted by molar-refractivity contribution is 5.96. The third-order valence-corrected chi connectivity index (χ3v) is 2.63. The second-order valence-corrected chi connectivity index (χ2v) is 3.60. The standard InChI is InChI=1S/C11H14N2O/c14-11(9-4-7-12-8-5-9)10-3-1-2-6-13-10/h1-3,6,9,12H,4-5,7-8H2. The Morgan fingerprint density at radius 1 is 1.36 bits per heavy atom. The predicted molar refractivity (Wildman–Crippen MR) is 54.2 cm³/mol. The highest BCUT2D eigenvalue weighted by Gasteiger charge is 2.22. The Kier molecular flexibility index (Phi) is 2.89. The molecule has 2 heterocycles. The minimum Gasteiger partial charge on any atom is -0.317 e. The lowest BCUT2D eigenvalue weighted by Crippen LogP contribution is -2.32. The van der Waals surface area contributed by atoms with E-state index in [9.17, 15) is 4.79 Å². The maximum Gasteiger partial charge on any atom is 0.184 e. The molecule has 1 aromatic heterocycles. The molecular formula is C11H14N2O. The first-order valence-corrected chi connectivity index (χ1v) is 5.04. The molecule has 3 heteroatoms. The van der Waals surface area contributed by atoms with E-state index in [0.29, 0.717) is 5.69 Å². The summed E-state index contributed by atoms with van der Waals surface area (Å²) in [6.07, 6.45) is 3.55. The molecule has 1 aromatic rings. The summed E-state index contributed by atoms with van der Waals surface area (Å²) in [5.41, 5.74) is 0.611. The summed E-state index contributed by atoms with van der Waals surface area (Å²) in [6.45, 7) is 1.90. The average molecular weight is 190 g/mol. The summed E-state index contributed by atoms with van der Waals surface area (Å²) in [4.78, 5) is 16.0. The van der Waals surface area contributed by atoms with Crippen molar-refractivity contribution < 1.29 is 4.79 Å². The second-order valence-electron chi connectivity index (χ2n) is 3.60. The lowest BCUT2D eigenvalue weighted by atomic mass is 9.92. The molecule has 0 spiro atoms. The fourth-order valence-electron chi connectivity index (χ4n) is 1.80. The van der Waals surface area contributed by atoms with Crippen LogP contribution in [-0.2, 0) is 0 Å². The minimum atomic E-state index is 0.172. The van der Waals surface area contributed by atoms with Gasteiger partial charge in [0.2, 0.25) is 0 Å². The maximum absolute atomic E-state index is 11.9. The monoisotopic (exact) mass is 190 g/mol. The van der Waals surface area contributed by atoms with E-state index < -0.39 is 0 Å². The first-order chi connectivity index (χ1) is 6.88. The third-order valence-electron chi connectivity index (χ3n) is 2.63. The van der Waals surface area contributed by atoms with Crippen LogP contribution in [0.3, 0.4) is 0 Å². The quantitative estimate of drug-likeness (QED) is 0.714. The molecule has 1 N–H and O–H groups in total. The van der Waals surface area contributed by atoms with Gasteiger partial charge in [-0.2, -0.15) is 0 Å². The average Bonchev–Trinajstić information content (AvgIpc) is 2.30. The summed E-state index contributed by atoms with van der Waals surface area (Å²) in [6, 6.07) is 5.49. The van der Waals surface area contributed by atoms with Crippen LogP contribution in [0.4, 0.5) is 0 Å². The highest BCUT2D eigenvalue weighted by Crippen LogP contribution is 2.16. The molecule has 14 heavy (non-hydrogen) atoms. The Morgan fingerprint density at radius 2 is 2.14 bits per heavy atom. The molecular weight excluding hydrogens is 176 g/mol. The van der Waals surface area contributed by atoms with Gasteiger partial charge in [0, 0.05) is 12.1 Å². The van der Waals surface area contributed by atoms with Gasteiger partial charge in [0.1, 0.15) is 5.69 Å². The van der Waals surface area contributed by atoms with Gasteiger partial charge >= 0.3 is 0 Å². The number of pyridine rings is 1. The largest absolute Gasteiger partial charge is 0.317 e. The third kappa shape index (κ3) is 1.99. The zero-order chi connectivity index (χ0) is 9.80. The Balaban J connectivity index is 2.07. The van der Waals surface area contributed by atoms with Crippen molar-refractivity contribution in [1.82, 2.24) is 10.3 Å². The lowest BCUT2D eigenvalue weighted by Gasteiger charge is -2.20. The van der Waals surface area contributed by atoms with Crippen LogP contribution in [0.1, 0.15) is 23.3 Å². The number of carbonyl (C=O) groups excluding carboxylic acids is 1. The van der Waals surface area contributed by atoms with Crippen molar-refractivity contribution in [2.75, 3.05) is 13.1 Å². The summed E-state index contributed by atoms with van der Waals surface area (Å²) >= 11 is 0. The van der Waals surface area contributed by atoms with Gasteiger partial charge in [0.05, 0.1) is 0 Å². The van der Waals surface area contributed by atoms with Crippen LogP contribution in [0.15, 0.2) is 24.4 Å². The van der Waals surface area contributed by atoms with E-state index in [2.05, 4.69) is 10.3 Å². The van der Waals surface area contributed by atoms with Crippen molar-refractivity contribution in [3.8, 4) is 0 Å². The molecule has 0 unspecified atom stereocenters. The molecule has 1 saturated heterocycles. The van der Waals surface area contributed by atoms with Gasteiger partial charge in [-0.3, -0.25) is 9.78 Å². The van der Waals surface area contributed by atoms with Crippen LogP contribution in [0.2, 0.25) is 0 Å². The van der Waals surface area contributed by atoms with Crippen molar-refractivity contribution in [3.63, 3.8) is 0 Å². The lowest BCUT2D eigenvalue weighted by molar-refractivity contribution is 0.0890. The summed E-state index contributed by atoms with van der Waals surface area (Å²) < 4.78 is 0. The van der Waals surface area contributed by atoms with E-state index in [0.717, 1.165) is 25.9 Å². The van der Waals surface area contributed by atoms with Crippen LogP contribution in [0.5, 0.6) is 0 Å². The summed E-state index contributed by atoms with van der Waals surface area (Å²) in [5.74, 6) is 0.373. The number of nitrogens with one attached hydrogen (secondary N) is 1.